The van der Waals surface area contributed by atoms with Crippen LogP contribution in [-0.4, -0.2) is 83.5 Å². The van der Waals surface area contributed by atoms with Crippen molar-refractivity contribution in [2.24, 2.45) is 5.92 Å². The van der Waals surface area contributed by atoms with E-state index in [9.17, 15) is 41.5 Å². The van der Waals surface area contributed by atoms with E-state index in [1.165, 1.54) is 25.1 Å². The van der Waals surface area contributed by atoms with E-state index in [4.69, 9.17) is 4.74 Å². The van der Waals surface area contributed by atoms with Gasteiger partial charge in [0.1, 0.15) is 18.4 Å². The first-order valence-corrected chi connectivity index (χ1v) is 14.0. The molecule has 44 heavy (non-hydrogen) atoms. The van der Waals surface area contributed by atoms with Gasteiger partial charge in [0.05, 0.1) is 12.2 Å². The number of rotatable bonds is 10. The summed E-state index contributed by atoms with van der Waals surface area (Å²) < 4.78 is 60.0. The number of ketones is 1. The standard InChI is InChI=1S/C29H33F4N5O6/c1-17(29(31,32)33)38(14-19-4-6-20(30)7-5-19)24(40)15-37-16-28(44-27(37)43)11-10-21-22(28)8-9-23(25(21)41)36-26(42)35-13-3-12-34-18(2)39/h4-9,17,21H,3,10-16H2,1-2H3,(H,34,39)(H2,35,36,42)/t17?,21?,28-/m0/s1. The number of ether oxygens (including phenoxy) is 1. The van der Waals surface area contributed by atoms with Crippen LogP contribution >= 0.6 is 0 Å². The average Bonchev–Trinajstić information content (AvgIpc) is 3.46. The second-order valence-corrected chi connectivity index (χ2v) is 11.0. The average molecular weight is 624 g/mol. The molecule has 3 atom stereocenters. The number of allylic oxidation sites excluding steroid dienone is 3. The van der Waals surface area contributed by atoms with Crippen molar-refractivity contribution < 1.29 is 46.3 Å². The highest BCUT2D eigenvalue weighted by Gasteiger charge is 2.56. The van der Waals surface area contributed by atoms with E-state index in [1.54, 1.807) is 6.08 Å². The number of nitrogens with zero attached hydrogens (tertiary/aromatic N) is 2. The number of halogens is 4. The van der Waals surface area contributed by atoms with Crippen LogP contribution in [0.4, 0.5) is 27.2 Å². The molecule has 1 aromatic carbocycles. The Morgan fingerprint density at radius 1 is 1.11 bits per heavy atom. The summed E-state index contributed by atoms with van der Waals surface area (Å²) >= 11 is 0. The number of Topliss-reactive ketones (excluding diaryl/α,β-unsaturated/α-hetero) is 1. The monoisotopic (exact) mass is 623 g/mol. The molecule has 1 saturated carbocycles. The highest BCUT2D eigenvalue weighted by molar-refractivity contribution is 6.03. The van der Waals surface area contributed by atoms with E-state index in [-0.39, 0.29) is 42.5 Å². The lowest BCUT2D eigenvalue weighted by Crippen LogP contribution is -2.50. The van der Waals surface area contributed by atoms with Crippen molar-refractivity contribution in [1.82, 2.24) is 25.8 Å². The van der Waals surface area contributed by atoms with Crippen LogP contribution in [0.25, 0.3) is 0 Å². The minimum atomic E-state index is -4.75. The quantitative estimate of drug-likeness (QED) is 0.271. The predicted molar refractivity (Wildman–Crippen MR) is 147 cm³/mol. The molecule has 3 N–H and O–H groups in total. The molecule has 11 nitrogen and oxygen atoms in total. The van der Waals surface area contributed by atoms with E-state index in [1.807, 2.05) is 0 Å². The summed E-state index contributed by atoms with van der Waals surface area (Å²) in [5, 5.41) is 7.70. The molecule has 2 unspecified atom stereocenters. The number of amides is 5. The maximum atomic E-state index is 13.7. The van der Waals surface area contributed by atoms with Crippen molar-refractivity contribution in [3.63, 3.8) is 0 Å². The Morgan fingerprint density at radius 2 is 1.80 bits per heavy atom. The number of urea groups is 1. The van der Waals surface area contributed by atoms with Crippen LogP contribution in [0.15, 0.2) is 47.7 Å². The molecule has 1 saturated heterocycles. The zero-order valence-corrected chi connectivity index (χ0v) is 24.1. The van der Waals surface area contributed by atoms with E-state index >= 15 is 0 Å². The highest BCUT2D eigenvalue weighted by Crippen LogP contribution is 2.48. The lowest BCUT2D eigenvalue weighted by Gasteiger charge is -2.32. The van der Waals surface area contributed by atoms with Crippen molar-refractivity contribution >= 4 is 29.7 Å². The summed E-state index contributed by atoms with van der Waals surface area (Å²) in [6, 6.07) is 1.91. The van der Waals surface area contributed by atoms with Crippen molar-refractivity contribution in [3.05, 3.63) is 59.1 Å². The number of hydrogen-bond donors (Lipinski definition) is 3. The van der Waals surface area contributed by atoms with Crippen LogP contribution in [0, 0.1) is 11.7 Å². The number of carbonyl (C=O) groups excluding carboxylic acids is 5. The molecule has 0 aromatic heterocycles. The molecule has 1 aliphatic heterocycles. The van der Waals surface area contributed by atoms with E-state index in [0.717, 1.165) is 24.0 Å². The van der Waals surface area contributed by atoms with Gasteiger partial charge in [-0.2, -0.15) is 13.2 Å². The molecule has 4 rings (SSSR count). The minimum absolute atomic E-state index is 0.0455. The van der Waals surface area contributed by atoms with Gasteiger partial charge in [-0.1, -0.05) is 18.2 Å². The van der Waals surface area contributed by atoms with Crippen molar-refractivity contribution in [1.29, 1.82) is 0 Å². The molecule has 1 aromatic rings. The second-order valence-electron chi connectivity index (χ2n) is 11.0. The molecule has 1 heterocycles. The maximum Gasteiger partial charge on any atom is 0.411 e. The fraction of sp³-hybridized carbons (Fsp3) is 0.483. The first kappa shape index (κ1) is 32.5. The SMILES string of the molecule is CC(=O)NCCCNC(=O)NC1=CC=C2C(CC[C@]23CN(CC(=O)N(Cc2ccc(F)cc2)C(C)C(F)(F)F)C(=O)O3)C1=O. The lowest BCUT2D eigenvalue weighted by molar-refractivity contribution is -0.187. The number of hydrogen-bond acceptors (Lipinski definition) is 6. The zero-order valence-electron chi connectivity index (χ0n) is 24.1. The van der Waals surface area contributed by atoms with Crippen LogP contribution in [-0.2, 0) is 25.7 Å². The van der Waals surface area contributed by atoms with Crippen molar-refractivity contribution in [2.45, 2.75) is 57.5 Å². The van der Waals surface area contributed by atoms with Gasteiger partial charge < -0.3 is 25.6 Å². The third-order valence-corrected chi connectivity index (χ3v) is 7.85. The molecular formula is C29H33F4N5O6. The molecule has 238 valence electrons. The lowest BCUT2D eigenvalue weighted by atomic mass is 9.85. The van der Waals surface area contributed by atoms with Gasteiger partial charge in [0.2, 0.25) is 11.8 Å². The van der Waals surface area contributed by atoms with Crippen LogP contribution in [0.5, 0.6) is 0 Å². The minimum Gasteiger partial charge on any atom is -0.436 e. The number of carbonyl (C=O) groups is 5. The van der Waals surface area contributed by atoms with E-state index in [2.05, 4.69) is 16.0 Å². The Bertz CT molecular complexity index is 1380. The second kappa shape index (κ2) is 13.1. The molecule has 0 radical (unpaired) electrons. The van der Waals surface area contributed by atoms with Crippen LogP contribution < -0.4 is 16.0 Å². The smallest absolute Gasteiger partial charge is 0.411 e. The summed E-state index contributed by atoms with van der Waals surface area (Å²) in [7, 11) is 0. The highest BCUT2D eigenvalue weighted by atomic mass is 19.4. The van der Waals surface area contributed by atoms with Crippen molar-refractivity contribution in [2.75, 3.05) is 26.2 Å². The predicted octanol–water partition coefficient (Wildman–Crippen LogP) is 2.92. The Balaban J connectivity index is 1.42. The van der Waals surface area contributed by atoms with Gasteiger partial charge in [-0.05, 0) is 55.5 Å². The first-order chi connectivity index (χ1) is 20.7. The molecule has 1 spiro atoms. The number of fused-ring (bicyclic) bond motifs is 2. The summed E-state index contributed by atoms with van der Waals surface area (Å²) in [4.78, 5) is 64.0. The van der Waals surface area contributed by atoms with Gasteiger partial charge in [-0.3, -0.25) is 19.3 Å². The molecule has 3 aliphatic rings. The van der Waals surface area contributed by atoms with Gasteiger partial charge in [-0.25, -0.2) is 14.0 Å². The first-order valence-electron chi connectivity index (χ1n) is 14.0. The summed E-state index contributed by atoms with van der Waals surface area (Å²) in [5.41, 5.74) is -0.443. The molecule has 2 aliphatic carbocycles. The van der Waals surface area contributed by atoms with Crippen LogP contribution in [0.3, 0.4) is 0 Å². The Hall–Kier alpha value is -4.43. The van der Waals surface area contributed by atoms with Crippen LogP contribution in [0.2, 0.25) is 0 Å². The van der Waals surface area contributed by atoms with Crippen molar-refractivity contribution in [3.8, 4) is 0 Å². The largest absolute Gasteiger partial charge is 0.436 e. The number of benzene rings is 1. The van der Waals surface area contributed by atoms with E-state index < -0.39 is 60.7 Å². The zero-order chi connectivity index (χ0) is 32.2. The van der Waals surface area contributed by atoms with E-state index in [0.29, 0.717) is 29.9 Å². The Kier molecular flexibility index (Phi) is 9.64. The fourth-order valence-corrected chi connectivity index (χ4v) is 5.50. The summed E-state index contributed by atoms with van der Waals surface area (Å²) in [6.45, 7) is 1.54. The molecular weight excluding hydrogens is 590 g/mol. The summed E-state index contributed by atoms with van der Waals surface area (Å²) in [5.74, 6) is -2.83. The molecule has 5 amide bonds. The number of alkyl halides is 3. The Morgan fingerprint density at radius 3 is 2.45 bits per heavy atom. The van der Waals surface area contributed by atoms with Gasteiger partial charge >= 0.3 is 18.3 Å². The van der Waals surface area contributed by atoms with Gasteiger partial charge in [-0.15, -0.1) is 0 Å². The van der Waals surface area contributed by atoms with Gasteiger partial charge in [0, 0.05) is 32.5 Å². The molecule has 2 fully saturated rings. The normalized spacial score (nSPS) is 21.7. The third-order valence-electron chi connectivity index (χ3n) is 7.85. The topological polar surface area (TPSA) is 137 Å². The number of nitrogens with one attached hydrogen (secondary N) is 3. The molecule has 0 bridgehead atoms. The Labute approximate surface area is 250 Å². The third kappa shape index (κ3) is 7.37. The van der Waals surface area contributed by atoms with Crippen LogP contribution in [0.1, 0.15) is 38.7 Å². The summed E-state index contributed by atoms with van der Waals surface area (Å²) in [6.07, 6.45) is -1.67. The van der Waals surface area contributed by atoms with Gasteiger partial charge in [0.15, 0.2) is 11.4 Å². The molecule has 15 heteroatoms. The van der Waals surface area contributed by atoms with Gasteiger partial charge in [0.25, 0.3) is 0 Å². The fourth-order valence-electron chi connectivity index (χ4n) is 5.50. The maximum absolute atomic E-state index is 13.7.